The maximum absolute atomic E-state index is 5.90. The molecular weight excluding hydrogens is 236 g/mol. The molecule has 0 aliphatic rings. The van der Waals surface area contributed by atoms with E-state index in [1.54, 1.807) is 13.2 Å². The number of halogens is 1. The molecule has 0 aliphatic carbocycles. The van der Waals surface area contributed by atoms with Crippen molar-refractivity contribution in [3.8, 4) is 17.2 Å². The fourth-order valence-electron chi connectivity index (χ4n) is 1.52. The van der Waals surface area contributed by atoms with Gasteiger partial charge in [-0.05, 0) is 42.8 Å². The van der Waals surface area contributed by atoms with Crippen LogP contribution in [0.1, 0.15) is 5.56 Å². The van der Waals surface area contributed by atoms with E-state index in [1.165, 1.54) is 0 Å². The van der Waals surface area contributed by atoms with Gasteiger partial charge in [0.25, 0.3) is 0 Å². The number of rotatable bonds is 3. The first-order valence-corrected chi connectivity index (χ1v) is 5.65. The zero-order valence-electron chi connectivity index (χ0n) is 9.74. The van der Waals surface area contributed by atoms with Crippen molar-refractivity contribution in [2.24, 2.45) is 0 Å². The van der Waals surface area contributed by atoms with Crippen LogP contribution in [0.3, 0.4) is 0 Å². The lowest BCUT2D eigenvalue weighted by Crippen LogP contribution is -1.90. The minimum absolute atomic E-state index is 0.647. The molecule has 0 unspecified atom stereocenters. The molecule has 0 fully saturated rings. The number of hydrogen-bond donors (Lipinski definition) is 0. The Morgan fingerprint density at radius 2 is 1.82 bits per heavy atom. The van der Waals surface area contributed by atoms with Gasteiger partial charge >= 0.3 is 0 Å². The normalized spacial score (nSPS) is 10.1. The Morgan fingerprint density at radius 3 is 2.53 bits per heavy atom. The van der Waals surface area contributed by atoms with Gasteiger partial charge in [-0.25, -0.2) is 0 Å². The molecule has 2 aromatic carbocycles. The lowest BCUT2D eigenvalue weighted by Gasteiger charge is -2.11. The summed E-state index contributed by atoms with van der Waals surface area (Å²) in [5.41, 5.74) is 1.11. The van der Waals surface area contributed by atoms with E-state index in [4.69, 9.17) is 21.1 Å². The van der Waals surface area contributed by atoms with Gasteiger partial charge in [0.05, 0.1) is 7.11 Å². The summed E-state index contributed by atoms with van der Waals surface area (Å²) in [6.07, 6.45) is 0. The molecule has 0 saturated carbocycles. The summed E-state index contributed by atoms with van der Waals surface area (Å²) in [6.45, 7) is 2.00. The van der Waals surface area contributed by atoms with Gasteiger partial charge in [0, 0.05) is 5.02 Å². The molecule has 2 nitrogen and oxygen atoms in total. The first kappa shape index (κ1) is 11.8. The fraction of sp³-hybridized carbons (Fsp3) is 0.143. The number of benzene rings is 2. The topological polar surface area (TPSA) is 18.5 Å². The molecule has 0 aliphatic heterocycles. The van der Waals surface area contributed by atoms with E-state index in [0.29, 0.717) is 22.3 Å². The van der Waals surface area contributed by atoms with E-state index < -0.39 is 0 Å². The second-order valence-electron chi connectivity index (χ2n) is 3.71. The van der Waals surface area contributed by atoms with Crippen molar-refractivity contribution in [1.82, 2.24) is 0 Å². The third-order valence-corrected chi connectivity index (χ3v) is 2.58. The van der Waals surface area contributed by atoms with Crippen LogP contribution in [0, 0.1) is 6.92 Å². The summed E-state index contributed by atoms with van der Waals surface area (Å²) >= 11 is 5.90. The Bertz CT molecular complexity index is 523. The van der Waals surface area contributed by atoms with Crippen LogP contribution in [0.2, 0.25) is 5.02 Å². The van der Waals surface area contributed by atoms with Crippen molar-refractivity contribution in [2.75, 3.05) is 7.11 Å². The molecule has 0 saturated heterocycles. The van der Waals surface area contributed by atoms with Crippen LogP contribution in [0.25, 0.3) is 0 Å². The Labute approximate surface area is 106 Å². The Morgan fingerprint density at radius 1 is 1.00 bits per heavy atom. The third kappa shape index (κ3) is 2.92. The molecule has 3 heteroatoms. The molecule has 88 valence electrons. The molecule has 0 amide bonds. The smallest absolute Gasteiger partial charge is 0.169 e. The van der Waals surface area contributed by atoms with Gasteiger partial charge in [-0.2, -0.15) is 0 Å². The molecule has 0 heterocycles. The highest BCUT2D eigenvalue weighted by Crippen LogP contribution is 2.32. The predicted octanol–water partition coefficient (Wildman–Crippen LogP) is 4.45. The average molecular weight is 249 g/mol. The quantitative estimate of drug-likeness (QED) is 0.799. The molecule has 17 heavy (non-hydrogen) atoms. The van der Waals surface area contributed by atoms with Gasteiger partial charge < -0.3 is 9.47 Å². The summed E-state index contributed by atoms with van der Waals surface area (Å²) in [7, 11) is 1.62. The standard InChI is InChI=1S/C14H13ClO2/c1-10-6-7-13(16-2)14(8-10)17-12-5-3-4-11(15)9-12/h3-9H,1-2H3. The molecule has 0 spiro atoms. The second-order valence-corrected chi connectivity index (χ2v) is 4.15. The first-order valence-electron chi connectivity index (χ1n) is 5.27. The van der Waals surface area contributed by atoms with Gasteiger partial charge in [0.2, 0.25) is 0 Å². The van der Waals surface area contributed by atoms with Crippen LogP contribution in [0.5, 0.6) is 17.2 Å². The monoisotopic (exact) mass is 248 g/mol. The van der Waals surface area contributed by atoms with Crippen LogP contribution in [0.15, 0.2) is 42.5 Å². The van der Waals surface area contributed by atoms with Crippen LogP contribution < -0.4 is 9.47 Å². The number of ether oxygens (including phenoxy) is 2. The Hall–Kier alpha value is -1.67. The number of aryl methyl sites for hydroxylation is 1. The highest BCUT2D eigenvalue weighted by Gasteiger charge is 2.05. The van der Waals surface area contributed by atoms with E-state index >= 15 is 0 Å². The van der Waals surface area contributed by atoms with Crippen molar-refractivity contribution in [3.05, 3.63) is 53.1 Å². The maximum atomic E-state index is 5.90. The zero-order chi connectivity index (χ0) is 12.3. The Kier molecular flexibility index (Phi) is 3.55. The van der Waals surface area contributed by atoms with E-state index in [-0.39, 0.29) is 0 Å². The minimum Gasteiger partial charge on any atom is -0.493 e. The van der Waals surface area contributed by atoms with E-state index in [1.807, 2.05) is 43.3 Å². The van der Waals surface area contributed by atoms with Gasteiger partial charge in [0.15, 0.2) is 11.5 Å². The third-order valence-electron chi connectivity index (χ3n) is 2.34. The molecule has 0 radical (unpaired) electrons. The summed E-state index contributed by atoms with van der Waals surface area (Å²) in [5, 5.41) is 0.647. The summed E-state index contributed by atoms with van der Waals surface area (Å²) < 4.78 is 11.0. The molecule has 0 aromatic heterocycles. The summed E-state index contributed by atoms with van der Waals surface area (Å²) in [4.78, 5) is 0. The largest absolute Gasteiger partial charge is 0.493 e. The van der Waals surface area contributed by atoms with Crippen LogP contribution in [-0.4, -0.2) is 7.11 Å². The molecule has 2 aromatic rings. The summed E-state index contributed by atoms with van der Waals surface area (Å²) in [5.74, 6) is 2.09. The van der Waals surface area contributed by atoms with Crippen LogP contribution in [0.4, 0.5) is 0 Å². The number of methoxy groups -OCH3 is 1. The van der Waals surface area contributed by atoms with Crippen molar-refractivity contribution < 1.29 is 9.47 Å². The molecular formula is C14H13ClO2. The van der Waals surface area contributed by atoms with Gasteiger partial charge in [0.1, 0.15) is 5.75 Å². The van der Waals surface area contributed by atoms with Crippen molar-refractivity contribution in [1.29, 1.82) is 0 Å². The van der Waals surface area contributed by atoms with Gasteiger partial charge in [-0.3, -0.25) is 0 Å². The van der Waals surface area contributed by atoms with E-state index in [2.05, 4.69) is 0 Å². The van der Waals surface area contributed by atoms with E-state index in [0.717, 1.165) is 5.56 Å². The van der Waals surface area contributed by atoms with Crippen molar-refractivity contribution in [3.63, 3.8) is 0 Å². The summed E-state index contributed by atoms with van der Waals surface area (Å²) in [6, 6.07) is 13.1. The first-order chi connectivity index (χ1) is 8.19. The lowest BCUT2D eigenvalue weighted by atomic mass is 10.2. The highest BCUT2D eigenvalue weighted by atomic mass is 35.5. The molecule has 0 bridgehead atoms. The van der Waals surface area contributed by atoms with Gasteiger partial charge in [-0.1, -0.05) is 23.7 Å². The van der Waals surface area contributed by atoms with Crippen molar-refractivity contribution in [2.45, 2.75) is 6.92 Å². The molecule has 0 atom stereocenters. The van der Waals surface area contributed by atoms with E-state index in [9.17, 15) is 0 Å². The van der Waals surface area contributed by atoms with Gasteiger partial charge in [-0.15, -0.1) is 0 Å². The Balaban J connectivity index is 2.32. The molecule has 2 rings (SSSR count). The fourth-order valence-corrected chi connectivity index (χ4v) is 1.70. The lowest BCUT2D eigenvalue weighted by molar-refractivity contribution is 0.378. The van der Waals surface area contributed by atoms with Crippen LogP contribution >= 0.6 is 11.6 Å². The minimum atomic E-state index is 0.647. The SMILES string of the molecule is COc1ccc(C)cc1Oc1cccc(Cl)c1. The average Bonchev–Trinajstić information content (AvgIpc) is 2.29. The molecule has 0 N–H and O–H groups in total. The number of hydrogen-bond acceptors (Lipinski definition) is 2. The highest BCUT2D eigenvalue weighted by molar-refractivity contribution is 6.30. The van der Waals surface area contributed by atoms with Crippen molar-refractivity contribution >= 4 is 11.6 Å². The zero-order valence-corrected chi connectivity index (χ0v) is 10.5. The van der Waals surface area contributed by atoms with Crippen LogP contribution in [-0.2, 0) is 0 Å². The predicted molar refractivity (Wildman–Crippen MR) is 69.3 cm³/mol. The maximum Gasteiger partial charge on any atom is 0.169 e. The second kappa shape index (κ2) is 5.11.